The Labute approximate surface area is 97.8 Å². The molecule has 2 aromatic rings. The second-order valence-electron chi connectivity index (χ2n) is 3.61. The summed E-state index contributed by atoms with van der Waals surface area (Å²) in [5, 5.41) is 20.4. The summed E-state index contributed by atoms with van der Waals surface area (Å²) in [6, 6.07) is 8.47. The molecule has 88 valence electrons. The Morgan fingerprint density at radius 1 is 1.35 bits per heavy atom. The Bertz CT molecular complexity index is 496. The highest BCUT2D eigenvalue weighted by Gasteiger charge is 2.05. The van der Waals surface area contributed by atoms with E-state index in [4.69, 9.17) is 0 Å². The summed E-state index contributed by atoms with van der Waals surface area (Å²) in [7, 11) is 0. The predicted octanol–water partition coefficient (Wildman–Crippen LogP) is 1.61. The maximum Gasteiger partial charge on any atom is 0.269 e. The van der Waals surface area contributed by atoms with Gasteiger partial charge < -0.3 is 5.32 Å². The number of nitrogens with one attached hydrogen (secondary N) is 2. The van der Waals surface area contributed by atoms with Crippen molar-refractivity contribution < 1.29 is 4.92 Å². The fourth-order valence-corrected chi connectivity index (χ4v) is 1.50. The smallest absolute Gasteiger partial charge is 0.269 e. The zero-order valence-electron chi connectivity index (χ0n) is 9.09. The number of nitro benzene ring substituents is 1. The first-order valence-corrected chi connectivity index (χ1v) is 5.18. The van der Waals surface area contributed by atoms with Gasteiger partial charge in [0.25, 0.3) is 5.69 Å². The number of nitro groups is 1. The Morgan fingerprint density at radius 3 is 2.94 bits per heavy atom. The summed E-state index contributed by atoms with van der Waals surface area (Å²) in [5.74, 6) is 0. The highest BCUT2D eigenvalue weighted by Crippen LogP contribution is 2.12. The molecule has 6 nitrogen and oxygen atoms in total. The standard InChI is InChI=1S/C11H12N4O2/c16-15(17)11-3-1-2-9(6-11)7-12-8-10-4-5-13-14-10/h1-6,12H,7-8H2,(H,13,14). The van der Waals surface area contributed by atoms with Gasteiger partial charge in [0.2, 0.25) is 0 Å². The van der Waals surface area contributed by atoms with Crippen molar-refractivity contribution in [2.45, 2.75) is 13.1 Å². The summed E-state index contributed by atoms with van der Waals surface area (Å²) in [4.78, 5) is 10.2. The minimum absolute atomic E-state index is 0.117. The van der Waals surface area contributed by atoms with Gasteiger partial charge in [0.15, 0.2) is 0 Å². The molecule has 0 aliphatic heterocycles. The van der Waals surface area contributed by atoms with Gasteiger partial charge in [-0.25, -0.2) is 0 Å². The molecule has 0 saturated carbocycles. The maximum atomic E-state index is 10.6. The fraction of sp³-hybridized carbons (Fsp3) is 0.182. The Hall–Kier alpha value is -2.21. The van der Waals surface area contributed by atoms with Gasteiger partial charge >= 0.3 is 0 Å². The first kappa shape index (κ1) is 11.3. The first-order chi connectivity index (χ1) is 8.25. The van der Waals surface area contributed by atoms with E-state index in [1.54, 1.807) is 18.3 Å². The van der Waals surface area contributed by atoms with Crippen LogP contribution in [-0.2, 0) is 13.1 Å². The maximum absolute atomic E-state index is 10.6. The van der Waals surface area contributed by atoms with Crippen LogP contribution in [0, 0.1) is 10.1 Å². The number of non-ortho nitro benzene ring substituents is 1. The highest BCUT2D eigenvalue weighted by molar-refractivity contribution is 5.34. The van der Waals surface area contributed by atoms with Crippen LogP contribution >= 0.6 is 0 Å². The van der Waals surface area contributed by atoms with Crippen LogP contribution in [0.15, 0.2) is 36.5 Å². The number of hydrogen-bond donors (Lipinski definition) is 2. The number of rotatable bonds is 5. The van der Waals surface area contributed by atoms with Crippen molar-refractivity contribution in [2.75, 3.05) is 0 Å². The molecule has 0 unspecified atom stereocenters. The zero-order chi connectivity index (χ0) is 12.1. The molecule has 0 spiro atoms. The van der Waals surface area contributed by atoms with Crippen LogP contribution in [0.2, 0.25) is 0 Å². The number of hydrogen-bond acceptors (Lipinski definition) is 4. The minimum atomic E-state index is -0.390. The molecule has 2 N–H and O–H groups in total. The second kappa shape index (κ2) is 5.22. The molecule has 0 atom stereocenters. The molecule has 0 fully saturated rings. The number of nitrogens with zero attached hydrogens (tertiary/aromatic N) is 2. The van der Waals surface area contributed by atoms with Crippen LogP contribution in [0.25, 0.3) is 0 Å². The topological polar surface area (TPSA) is 83.8 Å². The van der Waals surface area contributed by atoms with Crippen LogP contribution in [0.5, 0.6) is 0 Å². The molecule has 0 bridgehead atoms. The molecule has 17 heavy (non-hydrogen) atoms. The molecular weight excluding hydrogens is 220 g/mol. The average molecular weight is 232 g/mol. The van der Waals surface area contributed by atoms with Crippen molar-refractivity contribution in [3.05, 3.63) is 57.9 Å². The normalized spacial score (nSPS) is 10.4. The van der Waals surface area contributed by atoms with Crippen molar-refractivity contribution in [3.8, 4) is 0 Å². The summed E-state index contributed by atoms with van der Waals surface area (Å²) in [5.41, 5.74) is 1.99. The van der Waals surface area contributed by atoms with E-state index >= 15 is 0 Å². The Balaban J connectivity index is 1.90. The van der Waals surface area contributed by atoms with Gasteiger partial charge in [0.05, 0.1) is 4.92 Å². The average Bonchev–Trinajstić information content (AvgIpc) is 2.82. The van der Waals surface area contributed by atoms with E-state index in [2.05, 4.69) is 15.5 Å². The Kier molecular flexibility index (Phi) is 3.46. The third kappa shape index (κ3) is 3.12. The first-order valence-electron chi connectivity index (χ1n) is 5.18. The van der Waals surface area contributed by atoms with Crippen molar-refractivity contribution in [1.29, 1.82) is 0 Å². The van der Waals surface area contributed by atoms with Crippen LogP contribution in [0.4, 0.5) is 5.69 Å². The summed E-state index contributed by atoms with van der Waals surface area (Å²) in [6.45, 7) is 1.24. The summed E-state index contributed by atoms with van der Waals surface area (Å²) in [6.07, 6.45) is 1.68. The lowest BCUT2D eigenvalue weighted by Crippen LogP contribution is -2.13. The molecule has 1 aromatic carbocycles. The molecule has 0 aliphatic rings. The molecule has 6 heteroatoms. The Morgan fingerprint density at radius 2 is 2.24 bits per heavy atom. The van der Waals surface area contributed by atoms with E-state index in [1.165, 1.54) is 6.07 Å². The van der Waals surface area contributed by atoms with Gasteiger partial charge in [-0.2, -0.15) is 5.10 Å². The quantitative estimate of drug-likeness (QED) is 0.606. The molecule has 0 amide bonds. The minimum Gasteiger partial charge on any atom is -0.307 e. The number of H-pyrrole nitrogens is 1. The van der Waals surface area contributed by atoms with Crippen LogP contribution in [-0.4, -0.2) is 15.1 Å². The molecule has 0 radical (unpaired) electrons. The van der Waals surface area contributed by atoms with Crippen LogP contribution in [0.1, 0.15) is 11.3 Å². The predicted molar refractivity (Wildman–Crippen MR) is 62.2 cm³/mol. The second-order valence-corrected chi connectivity index (χ2v) is 3.61. The largest absolute Gasteiger partial charge is 0.307 e. The van der Waals surface area contributed by atoms with E-state index in [-0.39, 0.29) is 5.69 Å². The van der Waals surface area contributed by atoms with E-state index in [9.17, 15) is 10.1 Å². The molecule has 0 aliphatic carbocycles. The van der Waals surface area contributed by atoms with Crippen molar-refractivity contribution >= 4 is 5.69 Å². The highest BCUT2D eigenvalue weighted by atomic mass is 16.6. The number of aromatic nitrogens is 2. The fourth-order valence-electron chi connectivity index (χ4n) is 1.50. The molecule has 1 heterocycles. The monoisotopic (exact) mass is 232 g/mol. The SMILES string of the molecule is O=[N+]([O-])c1cccc(CNCc2ccn[nH]2)c1. The molecule has 0 saturated heterocycles. The van der Waals surface area contributed by atoms with E-state index in [0.717, 1.165) is 11.3 Å². The van der Waals surface area contributed by atoms with Gasteiger partial charge in [-0.05, 0) is 11.6 Å². The number of aromatic amines is 1. The van der Waals surface area contributed by atoms with Gasteiger partial charge in [0.1, 0.15) is 0 Å². The third-order valence-corrected chi connectivity index (χ3v) is 2.32. The van der Waals surface area contributed by atoms with Gasteiger partial charge in [-0.3, -0.25) is 15.2 Å². The van der Waals surface area contributed by atoms with Gasteiger partial charge in [0, 0.05) is 37.1 Å². The van der Waals surface area contributed by atoms with Gasteiger partial charge in [-0.15, -0.1) is 0 Å². The third-order valence-electron chi connectivity index (χ3n) is 2.32. The van der Waals surface area contributed by atoms with Crippen LogP contribution in [0.3, 0.4) is 0 Å². The van der Waals surface area contributed by atoms with E-state index in [0.29, 0.717) is 13.1 Å². The lowest BCUT2D eigenvalue weighted by Gasteiger charge is -2.03. The van der Waals surface area contributed by atoms with Gasteiger partial charge in [-0.1, -0.05) is 12.1 Å². The van der Waals surface area contributed by atoms with Crippen molar-refractivity contribution in [3.63, 3.8) is 0 Å². The van der Waals surface area contributed by atoms with Crippen molar-refractivity contribution in [2.24, 2.45) is 0 Å². The summed E-state index contributed by atoms with van der Waals surface area (Å²) < 4.78 is 0. The molecular formula is C11H12N4O2. The lowest BCUT2D eigenvalue weighted by molar-refractivity contribution is -0.384. The van der Waals surface area contributed by atoms with Crippen LogP contribution < -0.4 is 5.32 Å². The molecule has 2 rings (SSSR count). The summed E-state index contributed by atoms with van der Waals surface area (Å²) >= 11 is 0. The number of benzene rings is 1. The molecule has 1 aromatic heterocycles. The van der Waals surface area contributed by atoms with E-state index < -0.39 is 4.92 Å². The van der Waals surface area contributed by atoms with Crippen molar-refractivity contribution in [1.82, 2.24) is 15.5 Å². The zero-order valence-corrected chi connectivity index (χ0v) is 9.09. The lowest BCUT2D eigenvalue weighted by atomic mass is 10.2. The van der Waals surface area contributed by atoms with E-state index in [1.807, 2.05) is 12.1 Å².